The maximum atomic E-state index is 12.0. The number of hydrogen-bond donors (Lipinski definition) is 2. The number of aromatic nitrogens is 2. The van der Waals surface area contributed by atoms with Gasteiger partial charge in [-0.1, -0.05) is 20.8 Å². The molecule has 19 heavy (non-hydrogen) atoms. The molecule has 3 rings (SSSR count). The summed E-state index contributed by atoms with van der Waals surface area (Å²) in [6.07, 6.45) is 3.18. The molecule has 2 heterocycles. The molecule has 1 unspecified atom stereocenters. The van der Waals surface area contributed by atoms with Crippen molar-refractivity contribution in [2.24, 2.45) is 11.3 Å². The number of nitrogens with one attached hydrogen (secondary N) is 1. The highest BCUT2D eigenvalue weighted by Crippen LogP contribution is 2.41. The highest BCUT2D eigenvalue weighted by atomic mass is 32.1. The second kappa shape index (κ2) is 4.07. The van der Waals surface area contributed by atoms with Crippen molar-refractivity contribution < 1.29 is 0 Å². The number of aromatic amines is 1. The summed E-state index contributed by atoms with van der Waals surface area (Å²) in [6.45, 7) is 6.87. The maximum Gasteiger partial charge on any atom is 0.261 e. The van der Waals surface area contributed by atoms with Gasteiger partial charge in [0.25, 0.3) is 5.56 Å². The lowest BCUT2D eigenvalue weighted by Gasteiger charge is -2.33. The fraction of sp³-hybridized carbons (Fsp3) is 0.571. The van der Waals surface area contributed by atoms with Crippen LogP contribution < -0.4 is 11.3 Å². The predicted octanol–water partition coefficient (Wildman–Crippen LogP) is 2.72. The van der Waals surface area contributed by atoms with Crippen LogP contribution in [0.1, 0.15) is 37.6 Å². The predicted molar refractivity (Wildman–Crippen MR) is 79.6 cm³/mol. The smallest absolute Gasteiger partial charge is 0.261 e. The first-order valence-electron chi connectivity index (χ1n) is 6.66. The lowest BCUT2D eigenvalue weighted by Crippen LogP contribution is -2.26. The van der Waals surface area contributed by atoms with Gasteiger partial charge in [0.1, 0.15) is 4.83 Å². The Hall–Kier alpha value is -1.36. The Morgan fingerprint density at radius 1 is 1.42 bits per heavy atom. The molecule has 5 heteroatoms. The van der Waals surface area contributed by atoms with E-state index < -0.39 is 0 Å². The number of anilines is 1. The summed E-state index contributed by atoms with van der Waals surface area (Å²) in [5.74, 6) is 0.882. The Morgan fingerprint density at radius 2 is 2.16 bits per heavy atom. The van der Waals surface area contributed by atoms with Crippen molar-refractivity contribution >= 4 is 27.5 Å². The SMILES string of the molecule is CC(C)(C)C1CCc2c(sc3nc(N)[nH]c(=O)c23)C1. The second-order valence-electron chi connectivity index (χ2n) is 6.44. The zero-order valence-electron chi connectivity index (χ0n) is 11.5. The van der Waals surface area contributed by atoms with Gasteiger partial charge in [0, 0.05) is 4.88 Å². The van der Waals surface area contributed by atoms with Crippen molar-refractivity contribution in [2.45, 2.75) is 40.0 Å². The third-order valence-electron chi connectivity index (χ3n) is 4.16. The van der Waals surface area contributed by atoms with E-state index in [4.69, 9.17) is 5.73 Å². The van der Waals surface area contributed by atoms with Crippen LogP contribution in [0.25, 0.3) is 10.2 Å². The Morgan fingerprint density at radius 3 is 2.84 bits per heavy atom. The summed E-state index contributed by atoms with van der Waals surface area (Å²) in [5.41, 5.74) is 7.05. The normalized spacial score (nSPS) is 19.6. The average Bonchev–Trinajstić information content (AvgIpc) is 2.64. The maximum absolute atomic E-state index is 12.0. The molecule has 0 bridgehead atoms. The molecule has 3 N–H and O–H groups in total. The fourth-order valence-electron chi connectivity index (χ4n) is 2.94. The van der Waals surface area contributed by atoms with Gasteiger partial charge in [-0.15, -0.1) is 11.3 Å². The number of aryl methyl sites for hydroxylation is 1. The highest BCUT2D eigenvalue weighted by molar-refractivity contribution is 7.18. The number of fused-ring (bicyclic) bond motifs is 3. The topological polar surface area (TPSA) is 71.8 Å². The first-order chi connectivity index (χ1) is 8.86. The molecular formula is C14H19N3OS. The van der Waals surface area contributed by atoms with E-state index in [0.717, 1.165) is 29.5 Å². The molecule has 1 atom stereocenters. The van der Waals surface area contributed by atoms with Crippen molar-refractivity contribution in [3.05, 3.63) is 20.8 Å². The number of nitrogens with two attached hydrogens (primary N) is 1. The van der Waals surface area contributed by atoms with E-state index in [1.54, 1.807) is 11.3 Å². The molecule has 2 aromatic heterocycles. The second-order valence-corrected chi connectivity index (χ2v) is 7.52. The van der Waals surface area contributed by atoms with Crippen LogP contribution in [0.3, 0.4) is 0 Å². The molecule has 0 saturated carbocycles. The van der Waals surface area contributed by atoms with E-state index in [1.807, 2.05) is 0 Å². The number of rotatable bonds is 0. The Balaban J connectivity index is 2.13. The molecule has 1 aliphatic rings. The Kier molecular flexibility index (Phi) is 2.71. The van der Waals surface area contributed by atoms with Gasteiger partial charge in [0.15, 0.2) is 0 Å². The van der Waals surface area contributed by atoms with Crippen molar-refractivity contribution in [3.63, 3.8) is 0 Å². The van der Waals surface area contributed by atoms with Crippen LogP contribution >= 0.6 is 11.3 Å². The minimum atomic E-state index is -0.0887. The average molecular weight is 277 g/mol. The van der Waals surface area contributed by atoms with Crippen LogP contribution in [-0.2, 0) is 12.8 Å². The summed E-state index contributed by atoms with van der Waals surface area (Å²) in [6, 6.07) is 0. The third-order valence-corrected chi connectivity index (χ3v) is 5.31. The molecule has 0 aromatic carbocycles. The van der Waals surface area contributed by atoms with Crippen molar-refractivity contribution in [3.8, 4) is 0 Å². The van der Waals surface area contributed by atoms with E-state index in [0.29, 0.717) is 11.3 Å². The fourth-order valence-corrected chi connectivity index (χ4v) is 4.25. The van der Waals surface area contributed by atoms with Crippen LogP contribution in [0.2, 0.25) is 0 Å². The van der Waals surface area contributed by atoms with E-state index in [1.165, 1.54) is 10.4 Å². The van der Waals surface area contributed by atoms with Gasteiger partial charge < -0.3 is 5.73 Å². The Labute approximate surface area is 116 Å². The molecule has 0 aliphatic heterocycles. The molecule has 0 fully saturated rings. The van der Waals surface area contributed by atoms with Gasteiger partial charge in [-0.3, -0.25) is 9.78 Å². The molecular weight excluding hydrogens is 258 g/mol. The van der Waals surface area contributed by atoms with Crippen LogP contribution in [0, 0.1) is 11.3 Å². The van der Waals surface area contributed by atoms with Crippen LogP contribution in [0.15, 0.2) is 4.79 Å². The van der Waals surface area contributed by atoms with Crippen LogP contribution in [-0.4, -0.2) is 9.97 Å². The largest absolute Gasteiger partial charge is 0.369 e. The van der Waals surface area contributed by atoms with Gasteiger partial charge in [0.2, 0.25) is 5.95 Å². The minimum Gasteiger partial charge on any atom is -0.369 e. The number of hydrogen-bond acceptors (Lipinski definition) is 4. The molecule has 2 aromatic rings. The van der Waals surface area contributed by atoms with Gasteiger partial charge in [-0.25, -0.2) is 4.98 Å². The highest BCUT2D eigenvalue weighted by Gasteiger charge is 2.31. The molecule has 4 nitrogen and oxygen atoms in total. The zero-order valence-corrected chi connectivity index (χ0v) is 12.4. The van der Waals surface area contributed by atoms with Gasteiger partial charge in [0.05, 0.1) is 5.39 Å². The van der Waals surface area contributed by atoms with Crippen molar-refractivity contribution in [1.82, 2.24) is 9.97 Å². The quantitative estimate of drug-likeness (QED) is 0.777. The molecule has 0 saturated heterocycles. The first kappa shape index (κ1) is 12.7. The standard InChI is InChI=1S/C14H19N3OS/c1-14(2,3)7-4-5-8-9(6-7)19-12-10(8)11(18)16-13(15)17-12/h7H,4-6H2,1-3H3,(H3,15,16,17,18). The summed E-state index contributed by atoms with van der Waals surface area (Å²) < 4.78 is 0. The van der Waals surface area contributed by atoms with Crippen molar-refractivity contribution in [2.75, 3.05) is 5.73 Å². The lowest BCUT2D eigenvalue weighted by atomic mass is 9.72. The van der Waals surface area contributed by atoms with E-state index >= 15 is 0 Å². The van der Waals surface area contributed by atoms with Gasteiger partial charge in [-0.2, -0.15) is 0 Å². The number of H-pyrrole nitrogens is 1. The van der Waals surface area contributed by atoms with Crippen LogP contribution in [0.5, 0.6) is 0 Å². The van der Waals surface area contributed by atoms with Crippen molar-refractivity contribution in [1.29, 1.82) is 0 Å². The Bertz CT molecular complexity index is 693. The van der Waals surface area contributed by atoms with Crippen LogP contribution in [0.4, 0.5) is 5.95 Å². The lowest BCUT2D eigenvalue weighted by molar-refractivity contribution is 0.218. The van der Waals surface area contributed by atoms with Gasteiger partial charge >= 0.3 is 0 Å². The molecule has 1 aliphatic carbocycles. The monoisotopic (exact) mass is 277 g/mol. The third kappa shape index (κ3) is 2.06. The number of thiophene rings is 1. The summed E-state index contributed by atoms with van der Waals surface area (Å²) >= 11 is 1.64. The minimum absolute atomic E-state index is 0.0887. The summed E-state index contributed by atoms with van der Waals surface area (Å²) in [7, 11) is 0. The molecule has 0 spiro atoms. The number of nitrogens with zero attached hydrogens (tertiary/aromatic N) is 1. The molecule has 102 valence electrons. The summed E-state index contributed by atoms with van der Waals surface area (Å²) in [4.78, 5) is 21.0. The molecule has 0 radical (unpaired) electrons. The van der Waals surface area contributed by atoms with E-state index in [2.05, 4.69) is 30.7 Å². The summed E-state index contributed by atoms with van der Waals surface area (Å²) in [5, 5.41) is 0.765. The zero-order chi connectivity index (χ0) is 13.8. The first-order valence-corrected chi connectivity index (χ1v) is 7.48. The van der Waals surface area contributed by atoms with E-state index in [9.17, 15) is 4.79 Å². The molecule has 0 amide bonds. The number of nitrogen functional groups attached to an aromatic ring is 1. The van der Waals surface area contributed by atoms with Gasteiger partial charge in [-0.05, 0) is 36.2 Å². The van der Waals surface area contributed by atoms with E-state index in [-0.39, 0.29) is 11.5 Å².